The van der Waals surface area contributed by atoms with Gasteiger partial charge in [0.1, 0.15) is 5.75 Å². The molecule has 84 valence electrons. The molecular formula is C13H21NO. The van der Waals surface area contributed by atoms with Gasteiger partial charge in [-0.15, -0.1) is 0 Å². The minimum Gasteiger partial charge on any atom is -0.493 e. The molecule has 2 heteroatoms. The first-order chi connectivity index (χ1) is 7.24. The molecule has 15 heavy (non-hydrogen) atoms. The van der Waals surface area contributed by atoms with Gasteiger partial charge in [0.05, 0.1) is 6.61 Å². The summed E-state index contributed by atoms with van der Waals surface area (Å²) in [7, 11) is 1.98. The highest BCUT2D eigenvalue weighted by Gasteiger charge is 1.98. The maximum atomic E-state index is 5.71. The zero-order chi connectivity index (χ0) is 11.1. The first-order valence-electron chi connectivity index (χ1n) is 5.58. The number of ether oxygens (including phenoxy) is 1. The fourth-order valence-electron chi connectivity index (χ4n) is 1.55. The number of hydrogen-bond acceptors (Lipinski definition) is 2. The Balaban J connectivity index is 2.31. The van der Waals surface area contributed by atoms with Crippen LogP contribution in [0.25, 0.3) is 0 Å². The van der Waals surface area contributed by atoms with Crippen LogP contribution in [0.4, 0.5) is 0 Å². The molecule has 0 heterocycles. The molecule has 0 amide bonds. The molecule has 0 fully saturated rings. The van der Waals surface area contributed by atoms with Gasteiger partial charge in [-0.3, -0.25) is 0 Å². The molecule has 2 nitrogen and oxygen atoms in total. The van der Waals surface area contributed by atoms with E-state index < -0.39 is 0 Å². The molecule has 0 unspecified atom stereocenters. The van der Waals surface area contributed by atoms with Gasteiger partial charge in [0, 0.05) is 0 Å². The highest BCUT2D eigenvalue weighted by Crippen LogP contribution is 2.18. The Morgan fingerprint density at radius 3 is 2.67 bits per heavy atom. The Kier molecular flexibility index (Phi) is 5.19. The Morgan fingerprint density at radius 1 is 1.20 bits per heavy atom. The van der Waals surface area contributed by atoms with E-state index in [1.54, 1.807) is 0 Å². The van der Waals surface area contributed by atoms with E-state index in [0.29, 0.717) is 0 Å². The summed E-state index contributed by atoms with van der Waals surface area (Å²) in [6, 6.07) is 6.31. The average molecular weight is 207 g/mol. The van der Waals surface area contributed by atoms with Crippen LogP contribution in [0.15, 0.2) is 18.2 Å². The van der Waals surface area contributed by atoms with Crippen LogP contribution < -0.4 is 10.1 Å². The Hall–Kier alpha value is -1.02. The van der Waals surface area contributed by atoms with E-state index in [-0.39, 0.29) is 0 Å². The monoisotopic (exact) mass is 207 g/mol. The van der Waals surface area contributed by atoms with Gasteiger partial charge in [0.25, 0.3) is 0 Å². The van der Waals surface area contributed by atoms with Crippen molar-refractivity contribution in [2.24, 2.45) is 0 Å². The van der Waals surface area contributed by atoms with Crippen molar-refractivity contribution in [3.05, 3.63) is 29.3 Å². The molecule has 0 spiro atoms. The van der Waals surface area contributed by atoms with Gasteiger partial charge < -0.3 is 10.1 Å². The smallest absolute Gasteiger partial charge is 0.122 e. The van der Waals surface area contributed by atoms with Crippen LogP contribution in [-0.4, -0.2) is 20.2 Å². The zero-order valence-corrected chi connectivity index (χ0v) is 9.97. The van der Waals surface area contributed by atoms with Crippen LogP contribution in [0.1, 0.15) is 24.0 Å². The van der Waals surface area contributed by atoms with E-state index in [2.05, 4.69) is 37.4 Å². The Labute approximate surface area is 92.6 Å². The maximum absolute atomic E-state index is 5.71. The van der Waals surface area contributed by atoms with Crippen molar-refractivity contribution in [2.45, 2.75) is 26.7 Å². The summed E-state index contributed by atoms with van der Waals surface area (Å²) in [5.74, 6) is 1.02. The molecule has 0 atom stereocenters. The Morgan fingerprint density at radius 2 is 2.00 bits per heavy atom. The van der Waals surface area contributed by atoms with Gasteiger partial charge >= 0.3 is 0 Å². The summed E-state index contributed by atoms with van der Waals surface area (Å²) in [5.41, 5.74) is 2.51. The molecular weight excluding hydrogens is 186 g/mol. The van der Waals surface area contributed by atoms with Crippen molar-refractivity contribution in [1.29, 1.82) is 0 Å². The van der Waals surface area contributed by atoms with Crippen molar-refractivity contribution in [2.75, 3.05) is 20.2 Å². The third-order valence-electron chi connectivity index (χ3n) is 2.41. The molecule has 1 rings (SSSR count). The molecule has 0 aromatic heterocycles. The van der Waals surface area contributed by atoms with E-state index in [1.165, 1.54) is 17.5 Å². The van der Waals surface area contributed by atoms with E-state index in [4.69, 9.17) is 4.74 Å². The van der Waals surface area contributed by atoms with Crippen molar-refractivity contribution in [3.8, 4) is 5.75 Å². The first-order valence-corrected chi connectivity index (χ1v) is 5.58. The summed E-state index contributed by atoms with van der Waals surface area (Å²) >= 11 is 0. The second kappa shape index (κ2) is 6.46. The lowest BCUT2D eigenvalue weighted by Gasteiger charge is -2.09. The van der Waals surface area contributed by atoms with Crippen LogP contribution in [-0.2, 0) is 0 Å². The largest absolute Gasteiger partial charge is 0.493 e. The second-order valence-electron chi connectivity index (χ2n) is 3.93. The van der Waals surface area contributed by atoms with E-state index in [9.17, 15) is 0 Å². The molecule has 0 saturated heterocycles. The fourth-order valence-corrected chi connectivity index (χ4v) is 1.55. The number of aryl methyl sites for hydroxylation is 2. The lowest BCUT2D eigenvalue weighted by molar-refractivity contribution is 0.304. The van der Waals surface area contributed by atoms with Gasteiger partial charge in [0.2, 0.25) is 0 Å². The first kappa shape index (κ1) is 12.1. The van der Waals surface area contributed by atoms with Gasteiger partial charge in [0.15, 0.2) is 0 Å². The third-order valence-corrected chi connectivity index (χ3v) is 2.41. The minimum atomic E-state index is 0.811. The number of nitrogens with one attached hydrogen (secondary N) is 1. The second-order valence-corrected chi connectivity index (χ2v) is 3.93. The third kappa shape index (κ3) is 4.34. The van der Waals surface area contributed by atoms with Gasteiger partial charge in [-0.2, -0.15) is 0 Å². The van der Waals surface area contributed by atoms with Crippen molar-refractivity contribution < 1.29 is 4.74 Å². The number of hydrogen-bond donors (Lipinski definition) is 1. The normalized spacial score (nSPS) is 10.3. The Bertz CT molecular complexity index is 297. The van der Waals surface area contributed by atoms with Crippen LogP contribution in [0.3, 0.4) is 0 Å². The number of unbranched alkanes of at least 4 members (excludes halogenated alkanes) is 1. The van der Waals surface area contributed by atoms with Crippen LogP contribution >= 0.6 is 0 Å². The molecule has 1 N–H and O–H groups in total. The maximum Gasteiger partial charge on any atom is 0.122 e. The molecule has 1 aromatic rings. The summed E-state index contributed by atoms with van der Waals surface area (Å²) in [5, 5.41) is 3.13. The topological polar surface area (TPSA) is 21.3 Å². The summed E-state index contributed by atoms with van der Waals surface area (Å²) < 4.78 is 5.71. The molecule has 0 saturated carbocycles. The van der Waals surface area contributed by atoms with Crippen molar-refractivity contribution in [1.82, 2.24) is 5.32 Å². The summed E-state index contributed by atoms with van der Waals surface area (Å²) in [6.07, 6.45) is 2.27. The van der Waals surface area contributed by atoms with E-state index in [0.717, 1.165) is 25.3 Å². The molecule has 1 aromatic carbocycles. The highest BCUT2D eigenvalue weighted by molar-refractivity contribution is 5.35. The standard InChI is InChI=1S/C13H21NO/c1-11-6-7-13(12(2)10-11)15-9-5-4-8-14-3/h6-7,10,14H,4-5,8-9H2,1-3H3. The predicted octanol–water partition coefficient (Wildman–Crippen LogP) is 2.68. The van der Waals surface area contributed by atoms with Crippen LogP contribution in [0.5, 0.6) is 5.75 Å². The summed E-state index contributed by atoms with van der Waals surface area (Å²) in [4.78, 5) is 0. The fraction of sp³-hybridized carbons (Fsp3) is 0.538. The van der Waals surface area contributed by atoms with E-state index >= 15 is 0 Å². The van der Waals surface area contributed by atoms with Gasteiger partial charge in [-0.05, 0) is 51.9 Å². The summed E-state index contributed by atoms with van der Waals surface area (Å²) in [6.45, 7) is 6.07. The lowest BCUT2D eigenvalue weighted by atomic mass is 10.1. The molecule has 0 bridgehead atoms. The predicted molar refractivity (Wildman–Crippen MR) is 64.6 cm³/mol. The molecule has 0 radical (unpaired) electrons. The van der Waals surface area contributed by atoms with Gasteiger partial charge in [-0.25, -0.2) is 0 Å². The SMILES string of the molecule is CNCCCCOc1ccc(C)cc1C. The quantitative estimate of drug-likeness (QED) is 0.724. The number of benzene rings is 1. The van der Waals surface area contributed by atoms with Crippen LogP contribution in [0.2, 0.25) is 0 Å². The lowest BCUT2D eigenvalue weighted by Crippen LogP contribution is -2.09. The van der Waals surface area contributed by atoms with Crippen LogP contribution in [0, 0.1) is 13.8 Å². The highest BCUT2D eigenvalue weighted by atomic mass is 16.5. The average Bonchev–Trinajstić information content (AvgIpc) is 2.20. The molecule has 0 aliphatic rings. The van der Waals surface area contributed by atoms with Crippen molar-refractivity contribution >= 4 is 0 Å². The minimum absolute atomic E-state index is 0.811. The van der Waals surface area contributed by atoms with Crippen molar-refractivity contribution in [3.63, 3.8) is 0 Å². The van der Waals surface area contributed by atoms with Gasteiger partial charge in [-0.1, -0.05) is 17.7 Å². The molecule has 0 aliphatic heterocycles. The van der Waals surface area contributed by atoms with E-state index in [1.807, 2.05) is 7.05 Å². The molecule has 0 aliphatic carbocycles. The zero-order valence-electron chi connectivity index (χ0n) is 9.97. The number of rotatable bonds is 6.